The predicted octanol–water partition coefficient (Wildman–Crippen LogP) is 3.35. The summed E-state index contributed by atoms with van der Waals surface area (Å²) in [5.41, 5.74) is 1.10. The van der Waals surface area contributed by atoms with Gasteiger partial charge in [-0.25, -0.2) is 0 Å². The van der Waals surface area contributed by atoms with Crippen molar-refractivity contribution in [2.24, 2.45) is 5.92 Å². The first-order chi connectivity index (χ1) is 8.33. The summed E-state index contributed by atoms with van der Waals surface area (Å²) in [6.45, 7) is 1.12. The molecule has 17 heavy (non-hydrogen) atoms. The SMILES string of the molecule is COc1ccc(CBr)c(OCOCC2CC2)c1. The number of hydrogen-bond acceptors (Lipinski definition) is 3. The lowest BCUT2D eigenvalue weighted by atomic mass is 10.2. The topological polar surface area (TPSA) is 27.7 Å². The summed E-state index contributed by atoms with van der Waals surface area (Å²) < 4.78 is 16.2. The molecule has 2 rings (SSSR count). The van der Waals surface area contributed by atoms with Gasteiger partial charge in [0.25, 0.3) is 0 Å². The molecule has 94 valence electrons. The van der Waals surface area contributed by atoms with Gasteiger partial charge in [-0.1, -0.05) is 22.0 Å². The fourth-order valence-electron chi connectivity index (χ4n) is 1.51. The monoisotopic (exact) mass is 300 g/mol. The van der Waals surface area contributed by atoms with E-state index < -0.39 is 0 Å². The molecule has 0 aliphatic heterocycles. The Balaban J connectivity index is 1.87. The third kappa shape index (κ3) is 3.89. The van der Waals surface area contributed by atoms with Gasteiger partial charge in [0.1, 0.15) is 11.5 Å². The molecule has 0 aromatic heterocycles. The summed E-state index contributed by atoms with van der Waals surface area (Å²) >= 11 is 3.44. The molecule has 0 heterocycles. The molecule has 0 amide bonds. The minimum atomic E-state index is 0.309. The van der Waals surface area contributed by atoms with Gasteiger partial charge < -0.3 is 14.2 Å². The largest absolute Gasteiger partial charge is 0.497 e. The highest BCUT2D eigenvalue weighted by molar-refractivity contribution is 9.08. The molecule has 0 N–H and O–H groups in total. The third-order valence-corrected chi connectivity index (χ3v) is 3.37. The second kappa shape index (κ2) is 6.26. The standard InChI is InChI=1S/C13H17BrO3/c1-15-12-5-4-11(7-14)13(6-12)17-9-16-8-10-2-3-10/h4-6,10H,2-3,7-9H2,1H3. The van der Waals surface area contributed by atoms with E-state index in [1.165, 1.54) is 12.8 Å². The van der Waals surface area contributed by atoms with Crippen LogP contribution in [0.1, 0.15) is 18.4 Å². The van der Waals surface area contributed by atoms with E-state index in [1.54, 1.807) is 7.11 Å². The molecule has 1 saturated carbocycles. The van der Waals surface area contributed by atoms with Crippen molar-refractivity contribution in [2.45, 2.75) is 18.2 Å². The predicted molar refractivity (Wildman–Crippen MR) is 69.8 cm³/mol. The quantitative estimate of drug-likeness (QED) is 0.439. The minimum absolute atomic E-state index is 0.309. The van der Waals surface area contributed by atoms with E-state index >= 15 is 0 Å². The normalized spacial score (nSPS) is 14.7. The maximum absolute atomic E-state index is 5.62. The van der Waals surface area contributed by atoms with Crippen LogP contribution in [0.2, 0.25) is 0 Å². The Labute approximate surface area is 110 Å². The van der Waals surface area contributed by atoms with Crippen LogP contribution in [0.25, 0.3) is 0 Å². The number of halogens is 1. The molecular formula is C13H17BrO3. The number of benzene rings is 1. The lowest BCUT2D eigenvalue weighted by molar-refractivity contribution is 0.00949. The second-order valence-corrected chi connectivity index (χ2v) is 4.74. The van der Waals surface area contributed by atoms with Crippen LogP contribution in [-0.2, 0) is 10.1 Å². The average molecular weight is 301 g/mol. The molecule has 0 bridgehead atoms. The molecule has 1 aliphatic carbocycles. The zero-order chi connectivity index (χ0) is 12.1. The van der Waals surface area contributed by atoms with Crippen LogP contribution >= 0.6 is 15.9 Å². The van der Waals surface area contributed by atoms with Crippen LogP contribution in [0.4, 0.5) is 0 Å². The van der Waals surface area contributed by atoms with Gasteiger partial charge in [-0.15, -0.1) is 0 Å². The first-order valence-corrected chi connectivity index (χ1v) is 6.89. The van der Waals surface area contributed by atoms with Gasteiger partial charge in [0.2, 0.25) is 0 Å². The summed E-state index contributed by atoms with van der Waals surface area (Å²) in [5, 5.41) is 0.759. The molecule has 1 aromatic carbocycles. The summed E-state index contributed by atoms with van der Waals surface area (Å²) in [6.07, 6.45) is 2.59. The Morgan fingerprint density at radius 1 is 1.35 bits per heavy atom. The molecule has 0 atom stereocenters. The van der Waals surface area contributed by atoms with Crippen LogP contribution < -0.4 is 9.47 Å². The van der Waals surface area contributed by atoms with Crippen LogP contribution in [0.3, 0.4) is 0 Å². The van der Waals surface area contributed by atoms with Crippen molar-refractivity contribution in [3.8, 4) is 11.5 Å². The van der Waals surface area contributed by atoms with E-state index in [-0.39, 0.29) is 0 Å². The number of rotatable bonds is 7. The molecule has 0 unspecified atom stereocenters. The summed E-state index contributed by atoms with van der Waals surface area (Å²) in [5.74, 6) is 2.38. The van der Waals surface area contributed by atoms with E-state index in [0.29, 0.717) is 6.79 Å². The van der Waals surface area contributed by atoms with Gasteiger partial charge in [-0.05, 0) is 24.8 Å². The lowest BCUT2D eigenvalue weighted by Gasteiger charge is -2.11. The van der Waals surface area contributed by atoms with Crippen LogP contribution in [0.15, 0.2) is 18.2 Å². The maximum atomic E-state index is 5.62. The highest BCUT2D eigenvalue weighted by Gasteiger charge is 2.21. The molecular weight excluding hydrogens is 284 g/mol. The zero-order valence-electron chi connectivity index (χ0n) is 9.95. The molecule has 3 nitrogen and oxygen atoms in total. The molecule has 1 aromatic rings. The Kier molecular flexibility index (Phi) is 4.68. The van der Waals surface area contributed by atoms with Crippen LogP contribution in [0, 0.1) is 5.92 Å². The van der Waals surface area contributed by atoms with Crippen molar-refractivity contribution < 1.29 is 14.2 Å². The Hall–Kier alpha value is -0.740. The van der Waals surface area contributed by atoms with Crippen molar-refractivity contribution in [2.75, 3.05) is 20.5 Å². The van der Waals surface area contributed by atoms with E-state index in [0.717, 1.165) is 34.9 Å². The summed E-state index contributed by atoms with van der Waals surface area (Å²) in [6, 6.07) is 5.80. The molecule has 0 spiro atoms. The Morgan fingerprint density at radius 2 is 2.18 bits per heavy atom. The van der Waals surface area contributed by atoms with Crippen molar-refractivity contribution >= 4 is 15.9 Å². The maximum Gasteiger partial charge on any atom is 0.189 e. The molecule has 0 radical (unpaired) electrons. The van der Waals surface area contributed by atoms with Crippen LogP contribution in [0.5, 0.6) is 11.5 Å². The van der Waals surface area contributed by atoms with Crippen molar-refractivity contribution in [3.05, 3.63) is 23.8 Å². The van der Waals surface area contributed by atoms with Crippen molar-refractivity contribution in [1.29, 1.82) is 0 Å². The molecule has 1 fully saturated rings. The van der Waals surface area contributed by atoms with E-state index in [1.807, 2.05) is 18.2 Å². The summed E-state index contributed by atoms with van der Waals surface area (Å²) in [7, 11) is 1.65. The van der Waals surface area contributed by atoms with E-state index in [4.69, 9.17) is 14.2 Å². The van der Waals surface area contributed by atoms with Gasteiger partial charge in [0.15, 0.2) is 6.79 Å². The first-order valence-electron chi connectivity index (χ1n) is 5.77. The molecule has 0 saturated heterocycles. The number of ether oxygens (including phenoxy) is 3. The highest BCUT2D eigenvalue weighted by Crippen LogP contribution is 2.29. The van der Waals surface area contributed by atoms with E-state index in [2.05, 4.69) is 15.9 Å². The minimum Gasteiger partial charge on any atom is -0.497 e. The van der Waals surface area contributed by atoms with Crippen LogP contribution in [-0.4, -0.2) is 20.5 Å². The third-order valence-electron chi connectivity index (χ3n) is 2.77. The molecule has 4 heteroatoms. The highest BCUT2D eigenvalue weighted by atomic mass is 79.9. The smallest absolute Gasteiger partial charge is 0.189 e. The Bertz CT molecular complexity index is 364. The van der Waals surface area contributed by atoms with Gasteiger partial charge in [0.05, 0.1) is 13.7 Å². The van der Waals surface area contributed by atoms with E-state index in [9.17, 15) is 0 Å². The molecule has 1 aliphatic rings. The second-order valence-electron chi connectivity index (χ2n) is 4.18. The fraction of sp³-hybridized carbons (Fsp3) is 0.538. The Morgan fingerprint density at radius 3 is 2.82 bits per heavy atom. The van der Waals surface area contributed by atoms with Crippen molar-refractivity contribution in [3.63, 3.8) is 0 Å². The van der Waals surface area contributed by atoms with Crippen molar-refractivity contribution in [1.82, 2.24) is 0 Å². The van der Waals surface area contributed by atoms with Gasteiger partial charge in [0, 0.05) is 17.0 Å². The number of alkyl halides is 1. The first kappa shape index (κ1) is 12.7. The lowest BCUT2D eigenvalue weighted by Crippen LogP contribution is -2.06. The van der Waals surface area contributed by atoms with Gasteiger partial charge >= 0.3 is 0 Å². The van der Waals surface area contributed by atoms with Gasteiger partial charge in [-0.3, -0.25) is 0 Å². The zero-order valence-corrected chi connectivity index (χ0v) is 11.5. The number of methoxy groups -OCH3 is 1. The number of hydrogen-bond donors (Lipinski definition) is 0. The van der Waals surface area contributed by atoms with Gasteiger partial charge in [-0.2, -0.15) is 0 Å². The average Bonchev–Trinajstić information content (AvgIpc) is 3.18. The summed E-state index contributed by atoms with van der Waals surface area (Å²) in [4.78, 5) is 0. The fourth-order valence-corrected chi connectivity index (χ4v) is 1.97.